The molecule has 10 nitrogen and oxygen atoms in total. The molecule has 1 unspecified atom stereocenters. The quantitative estimate of drug-likeness (QED) is 0.0738. The van der Waals surface area contributed by atoms with Gasteiger partial charge in [0.15, 0.2) is 11.5 Å². The first-order valence-corrected chi connectivity index (χ1v) is 24.8. The fourth-order valence-electron chi connectivity index (χ4n) is 11.4. The van der Waals surface area contributed by atoms with Crippen molar-refractivity contribution >= 4 is 16.6 Å². The minimum Gasteiger partial charge on any atom is -0.508 e. The zero-order valence-electron chi connectivity index (χ0n) is 38.9. The van der Waals surface area contributed by atoms with Crippen molar-refractivity contribution in [3.8, 4) is 23.0 Å². The Hall–Kier alpha value is -6.04. The lowest BCUT2D eigenvalue weighted by Crippen LogP contribution is -2.47. The predicted octanol–water partition coefficient (Wildman–Crippen LogP) is 10.1. The first-order valence-electron chi connectivity index (χ1n) is 24.8. The second kappa shape index (κ2) is 20.3. The molecule has 5 aromatic carbocycles. The molecule has 4 aliphatic rings. The van der Waals surface area contributed by atoms with Crippen LogP contribution in [0.4, 0.5) is 0 Å². The van der Waals surface area contributed by atoms with Crippen LogP contribution >= 0.6 is 0 Å². The van der Waals surface area contributed by atoms with Crippen LogP contribution in [0.3, 0.4) is 0 Å². The number of fused-ring (bicyclic) bond motifs is 7. The molecule has 1 aromatic heterocycles. The van der Waals surface area contributed by atoms with Gasteiger partial charge in [0, 0.05) is 47.2 Å². The molecule has 0 radical (unpaired) electrons. The van der Waals surface area contributed by atoms with Crippen molar-refractivity contribution in [2.24, 2.45) is 11.7 Å². The topological polar surface area (TPSA) is 152 Å². The standard InChI is InChI=1S/C58H65N3O7/c59-56-23-18-42-35-67-50(12-4-2-1-3-8-38-15-21-53(64)43(26-38)27-40-9-7-11-48(62)28-40)32-49(63)20-14-39-16-22-54(65)55(29-39)68-36-45-31-47(30-44-33-61(34-51(44)45)57(42)60-56)58-24-25-66-37-46(58)19-17-41-10-5-6-13-52(41)58/h5-7,9-11,13,15-16,18,21-23,26,28-31,33-34,46,49-50,56,60,62-65H,1-4,8,12,14,17,19-20,24-25,27,32,35-37,59H2/t46-,49-,50+,56?,58-/m1/s1. The van der Waals surface area contributed by atoms with E-state index in [0.29, 0.717) is 50.6 Å². The van der Waals surface area contributed by atoms with Gasteiger partial charge in [0.1, 0.15) is 23.9 Å². The van der Waals surface area contributed by atoms with E-state index in [0.717, 1.165) is 109 Å². The van der Waals surface area contributed by atoms with Crippen molar-refractivity contribution in [2.75, 3.05) is 19.8 Å². The van der Waals surface area contributed by atoms with E-state index in [2.05, 4.69) is 70.8 Å². The molecular weight excluding hydrogens is 851 g/mol. The molecule has 0 saturated carbocycles. The van der Waals surface area contributed by atoms with Crippen LogP contribution in [0.5, 0.6) is 23.0 Å². The highest BCUT2D eigenvalue weighted by molar-refractivity contribution is 5.88. The monoisotopic (exact) mass is 915 g/mol. The maximum atomic E-state index is 11.5. The molecule has 7 N–H and O–H groups in total. The maximum absolute atomic E-state index is 11.5. The lowest BCUT2D eigenvalue weighted by Gasteiger charge is -2.49. The highest BCUT2D eigenvalue weighted by Crippen LogP contribution is 2.52. The molecule has 4 heterocycles. The second-order valence-corrected chi connectivity index (χ2v) is 19.6. The Morgan fingerprint density at radius 2 is 1.68 bits per heavy atom. The Kier molecular flexibility index (Phi) is 13.6. The number of dihydropyridines is 1. The minimum atomic E-state index is -0.580. The van der Waals surface area contributed by atoms with Crippen LogP contribution in [0.1, 0.15) is 102 Å². The molecule has 3 aliphatic heterocycles. The number of aryl methyl sites for hydroxylation is 3. The second-order valence-electron chi connectivity index (χ2n) is 19.6. The first kappa shape index (κ1) is 45.7. The van der Waals surface area contributed by atoms with Gasteiger partial charge in [-0.15, -0.1) is 0 Å². The summed E-state index contributed by atoms with van der Waals surface area (Å²) in [6.07, 6.45) is 18.3. The van der Waals surface area contributed by atoms with E-state index < -0.39 is 6.10 Å². The molecule has 6 aromatic rings. The van der Waals surface area contributed by atoms with Crippen molar-refractivity contribution in [3.63, 3.8) is 0 Å². The van der Waals surface area contributed by atoms with Gasteiger partial charge in [-0.3, -0.25) is 0 Å². The third-order valence-electron chi connectivity index (χ3n) is 15.0. The van der Waals surface area contributed by atoms with Gasteiger partial charge in [-0.25, -0.2) is 0 Å². The number of hydrogen-bond acceptors (Lipinski definition) is 9. The van der Waals surface area contributed by atoms with Crippen molar-refractivity contribution in [2.45, 2.75) is 114 Å². The summed E-state index contributed by atoms with van der Waals surface area (Å²) in [4.78, 5) is 0. The summed E-state index contributed by atoms with van der Waals surface area (Å²) in [6.45, 7) is 2.04. The third kappa shape index (κ3) is 9.92. The fourth-order valence-corrected chi connectivity index (χ4v) is 11.4. The van der Waals surface area contributed by atoms with Crippen LogP contribution in [0.2, 0.25) is 0 Å². The smallest absolute Gasteiger partial charge is 0.161 e. The Labute approximate surface area is 399 Å². The van der Waals surface area contributed by atoms with Gasteiger partial charge in [0.25, 0.3) is 0 Å². The summed E-state index contributed by atoms with van der Waals surface area (Å²) in [5.74, 6) is 2.21. The van der Waals surface area contributed by atoms with Crippen molar-refractivity contribution in [1.29, 1.82) is 0 Å². The Morgan fingerprint density at radius 3 is 2.59 bits per heavy atom. The lowest BCUT2D eigenvalue weighted by molar-refractivity contribution is 0.00498. The van der Waals surface area contributed by atoms with Crippen LogP contribution in [-0.4, -0.2) is 63.2 Å². The lowest BCUT2D eigenvalue weighted by atomic mass is 9.57. The maximum Gasteiger partial charge on any atom is 0.161 e. The number of aromatic hydroxyl groups is 3. The van der Waals surface area contributed by atoms with Crippen LogP contribution in [-0.2, 0) is 47.2 Å². The number of aromatic nitrogens is 1. The van der Waals surface area contributed by atoms with Crippen LogP contribution in [0.25, 0.3) is 16.6 Å². The number of unbranched alkanes of at least 4 members (excludes halogenated alkanes) is 3. The first-order chi connectivity index (χ1) is 33.2. The van der Waals surface area contributed by atoms with Crippen LogP contribution < -0.4 is 15.8 Å². The summed E-state index contributed by atoms with van der Waals surface area (Å²) in [7, 11) is 0. The van der Waals surface area contributed by atoms with Gasteiger partial charge in [0.05, 0.1) is 31.6 Å². The number of benzene rings is 5. The van der Waals surface area contributed by atoms with E-state index in [4.69, 9.17) is 19.9 Å². The molecule has 0 amide bonds. The molecule has 4 bridgehead atoms. The molecule has 1 fully saturated rings. The van der Waals surface area contributed by atoms with E-state index in [-0.39, 0.29) is 41.5 Å². The Morgan fingerprint density at radius 1 is 0.794 bits per heavy atom. The van der Waals surface area contributed by atoms with Crippen molar-refractivity contribution in [1.82, 2.24) is 9.88 Å². The predicted molar refractivity (Wildman–Crippen MR) is 267 cm³/mol. The molecule has 10 heteroatoms. The highest BCUT2D eigenvalue weighted by Gasteiger charge is 2.47. The molecule has 0 spiro atoms. The van der Waals surface area contributed by atoms with Gasteiger partial charge in [0.2, 0.25) is 0 Å². The summed E-state index contributed by atoms with van der Waals surface area (Å²) < 4.78 is 21.7. The number of phenolic OH excluding ortho intramolecular Hbond substituents is 3. The number of nitrogens with two attached hydrogens (primary N) is 1. The Bertz CT molecular complexity index is 2810. The number of ether oxygens (including phenoxy) is 3. The van der Waals surface area contributed by atoms with Crippen LogP contribution in [0, 0.1) is 5.92 Å². The average Bonchev–Trinajstić information content (AvgIpc) is 3.79. The molecule has 1 saturated heterocycles. The van der Waals surface area contributed by atoms with E-state index in [1.807, 2.05) is 36.4 Å². The fraction of sp³-hybridized carbons (Fsp3) is 0.379. The van der Waals surface area contributed by atoms with Crippen LogP contribution in [0.15, 0.2) is 127 Å². The molecule has 10 rings (SSSR count). The van der Waals surface area contributed by atoms with Gasteiger partial charge in [-0.05, 0) is 151 Å². The van der Waals surface area contributed by atoms with Gasteiger partial charge in [-0.2, -0.15) is 0 Å². The number of aliphatic hydroxyl groups excluding tert-OH is 1. The summed E-state index contributed by atoms with van der Waals surface area (Å²) in [5, 5.41) is 48.8. The SMILES string of the molecule is NC1C=CC2=C(N1)n1cc3cc([C@@]45CCOC[C@H]4CCc4ccccc45)cc(c3c1)COc1cc(ccc1O)CC[C@@H](O)C[C@H](CCCCCCc1ccc(O)c(Cc3cccc(O)c3)c1)OC2. The largest absolute Gasteiger partial charge is 0.508 e. The van der Waals surface area contributed by atoms with E-state index in [1.54, 1.807) is 24.3 Å². The zero-order chi connectivity index (χ0) is 46.6. The summed E-state index contributed by atoms with van der Waals surface area (Å²) >= 11 is 0. The number of nitrogens with one attached hydrogen (secondary N) is 1. The summed E-state index contributed by atoms with van der Waals surface area (Å²) in [6, 6.07) is 32.2. The molecule has 5 atom stereocenters. The number of rotatable bonds is 10. The average molecular weight is 916 g/mol. The third-order valence-corrected chi connectivity index (χ3v) is 15.0. The van der Waals surface area contributed by atoms with Gasteiger partial charge >= 0.3 is 0 Å². The zero-order valence-corrected chi connectivity index (χ0v) is 38.9. The number of nitrogens with zero attached hydrogens (tertiary/aromatic N) is 1. The van der Waals surface area contributed by atoms with Gasteiger partial charge in [-0.1, -0.05) is 86.0 Å². The van der Waals surface area contributed by atoms with Crippen molar-refractivity contribution in [3.05, 3.63) is 172 Å². The van der Waals surface area contributed by atoms with E-state index in [9.17, 15) is 20.4 Å². The van der Waals surface area contributed by atoms with Crippen molar-refractivity contribution < 1.29 is 34.6 Å². The number of aliphatic hydroxyl groups is 1. The van der Waals surface area contributed by atoms with E-state index >= 15 is 0 Å². The number of phenols is 3. The molecular formula is C58H65N3O7. The van der Waals surface area contributed by atoms with E-state index in [1.165, 1.54) is 22.3 Å². The highest BCUT2D eigenvalue weighted by atomic mass is 16.5. The summed E-state index contributed by atoms with van der Waals surface area (Å²) in [5.41, 5.74) is 16.4. The Balaban J connectivity index is 0.907. The molecule has 68 heavy (non-hydrogen) atoms. The van der Waals surface area contributed by atoms with Gasteiger partial charge < -0.3 is 50.3 Å². The number of hydrogen-bond donors (Lipinski definition) is 6. The molecule has 354 valence electrons. The normalized spacial score (nSPS) is 22.9. The molecule has 1 aliphatic carbocycles. The minimum absolute atomic E-state index is 0.0891.